The fraction of sp³-hybridized carbons (Fsp3) is 0.346. The average molecular weight is 549 g/mol. The van der Waals surface area contributed by atoms with Gasteiger partial charge in [0.1, 0.15) is 0 Å². The number of hydrogen-bond acceptors (Lipinski definition) is 8. The smallest absolute Gasteiger partial charge is 0.475 e. The van der Waals surface area contributed by atoms with E-state index in [0.29, 0.717) is 12.6 Å². The lowest BCUT2D eigenvalue weighted by molar-refractivity contribution is -0.192. The van der Waals surface area contributed by atoms with Gasteiger partial charge >= 0.3 is 12.1 Å². The van der Waals surface area contributed by atoms with E-state index in [1.54, 1.807) is 5.06 Å². The molecule has 2 aliphatic rings. The third kappa shape index (κ3) is 7.33. The minimum Gasteiger partial charge on any atom is -0.475 e. The van der Waals surface area contributed by atoms with E-state index in [-0.39, 0.29) is 11.9 Å². The van der Waals surface area contributed by atoms with Crippen molar-refractivity contribution in [2.75, 3.05) is 55.1 Å². The summed E-state index contributed by atoms with van der Waals surface area (Å²) in [6.45, 7) is 4.68. The Morgan fingerprint density at radius 2 is 1.69 bits per heavy atom. The van der Waals surface area contributed by atoms with Crippen molar-refractivity contribution in [2.45, 2.75) is 18.6 Å². The number of piperazine rings is 1. The highest BCUT2D eigenvalue weighted by molar-refractivity contribution is 5.73. The Labute approximate surface area is 222 Å². The molecule has 208 valence electrons. The quantitative estimate of drug-likeness (QED) is 0.443. The highest BCUT2D eigenvalue weighted by atomic mass is 19.4. The van der Waals surface area contributed by atoms with Gasteiger partial charge < -0.3 is 20.2 Å². The fourth-order valence-electron chi connectivity index (χ4n) is 4.18. The summed E-state index contributed by atoms with van der Waals surface area (Å²) in [6, 6.07) is 18.0. The molecule has 13 heteroatoms. The Morgan fingerprint density at radius 3 is 2.31 bits per heavy atom. The molecule has 2 aromatic carbocycles. The molecule has 2 N–H and O–H groups in total. The number of anilines is 4. The number of aliphatic carboxylic acids is 1. The van der Waals surface area contributed by atoms with Crippen molar-refractivity contribution < 1.29 is 32.3 Å². The van der Waals surface area contributed by atoms with Crippen LogP contribution in [-0.4, -0.2) is 72.0 Å². The fourth-order valence-corrected chi connectivity index (χ4v) is 4.18. The van der Waals surface area contributed by atoms with Crippen molar-refractivity contribution in [3.05, 3.63) is 72.2 Å². The number of carboxylic acid groups (broad SMARTS) is 1. The molecule has 2 fully saturated rings. The van der Waals surface area contributed by atoms with Crippen LogP contribution in [0.15, 0.2) is 60.8 Å². The monoisotopic (exact) mass is 548 g/mol. The van der Waals surface area contributed by atoms with Gasteiger partial charge in [-0.2, -0.15) is 18.2 Å². The molecule has 0 amide bonds. The minimum absolute atomic E-state index is 0.0867. The molecular formula is C26H28F4N6O3. The van der Waals surface area contributed by atoms with Crippen LogP contribution in [0, 0.1) is 5.82 Å². The first-order valence-electron chi connectivity index (χ1n) is 12.2. The largest absolute Gasteiger partial charge is 0.490 e. The second-order valence-electron chi connectivity index (χ2n) is 9.00. The molecule has 2 aliphatic heterocycles. The van der Waals surface area contributed by atoms with Gasteiger partial charge in [-0.25, -0.2) is 19.2 Å². The van der Waals surface area contributed by atoms with E-state index >= 15 is 0 Å². The normalized spacial score (nSPS) is 17.9. The second-order valence-corrected chi connectivity index (χ2v) is 9.00. The Bertz CT molecular complexity index is 1240. The number of nitrogens with one attached hydrogen (secondary N) is 1. The molecule has 0 aliphatic carbocycles. The van der Waals surface area contributed by atoms with Gasteiger partial charge in [-0.3, -0.25) is 4.84 Å². The van der Waals surface area contributed by atoms with Crippen molar-refractivity contribution in [3.8, 4) is 0 Å². The van der Waals surface area contributed by atoms with Crippen molar-refractivity contribution in [3.63, 3.8) is 0 Å². The summed E-state index contributed by atoms with van der Waals surface area (Å²) in [6.07, 6.45) is -3.13. The number of likely N-dealkylation sites (N-methyl/N-ethyl adjacent to an activating group) is 1. The molecule has 0 radical (unpaired) electrons. The number of carbonyl (C=O) groups is 1. The molecule has 0 bridgehead atoms. The van der Waals surface area contributed by atoms with Gasteiger partial charge in [-0.1, -0.05) is 30.3 Å². The predicted molar refractivity (Wildman–Crippen MR) is 137 cm³/mol. The number of rotatable bonds is 5. The zero-order chi connectivity index (χ0) is 28.0. The Balaban J connectivity index is 0.000000448. The van der Waals surface area contributed by atoms with Crippen molar-refractivity contribution in [2.24, 2.45) is 0 Å². The van der Waals surface area contributed by atoms with Crippen molar-refractivity contribution >= 4 is 29.1 Å². The number of hydrogen-bond donors (Lipinski definition) is 2. The number of aromatic nitrogens is 2. The molecule has 3 heterocycles. The van der Waals surface area contributed by atoms with Crippen LogP contribution in [0.3, 0.4) is 0 Å². The molecule has 2 saturated heterocycles. The zero-order valence-electron chi connectivity index (χ0n) is 21.1. The van der Waals surface area contributed by atoms with E-state index < -0.39 is 18.0 Å². The van der Waals surface area contributed by atoms with Crippen LogP contribution in [0.25, 0.3) is 0 Å². The summed E-state index contributed by atoms with van der Waals surface area (Å²) >= 11 is 0. The SMILES string of the molecule is CN1CCN(c2ccc(Nc3ncc(F)c(N4OCCC4c4ccccc4)n3)cc2)CC1.O=C(O)C(F)(F)F. The first-order valence-corrected chi connectivity index (χ1v) is 12.2. The van der Waals surface area contributed by atoms with Gasteiger partial charge in [-0.05, 0) is 36.9 Å². The second kappa shape index (κ2) is 12.3. The lowest BCUT2D eigenvalue weighted by Crippen LogP contribution is -2.44. The van der Waals surface area contributed by atoms with Gasteiger partial charge in [0.15, 0.2) is 11.6 Å². The number of nitrogens with zero attached hydrogens (tertiary/aromatic N) is 5. The highest BCUT2D eigenvalue weighted by Gasteiger charge is 2.38. The Hall–Kier alpha value is -3.97. The number of carboxylic acids is 1. The first kappa shape index (κ1) is 28.0. The minimum atomic E-state index is -5.08. The van der Waals surface area contributed by atoms with Gasteiger partial charge in [0.2, 0.25) is 5.95 Å². The molecular weight excluding hydrogens is 520 g/mol. The van der Waals surface area contributed by atoms with E-state index in [1.807, 2.05) is 42.5 Å². The van der Waals surface area contributed by atoms with Crippen LogP contribution in [0.2, 0.25) is 0 Å². The maximum absolute atomic E-state index is 14.7. The van der Waals surface area contributed by atoms with E-state index in [1.165, 1.54) is 11.9 Å². The molecule has 3 aromatic rings. The molecule has 9 nitrogen and oxygen atoms in total. The summed E-state index contributed by atoms with van der Waals surface area (Å²) in [4.78, 5) is 27.9. The Morgan fingerprint density at radius 1 is 1.05 bits per heavy atom. The zero-order valence-corrected chi connectivity index (χ0v) is 21.1. The molecule has 0 saturated carbocycles. The standard InChI is InChI=1S/C24H27FN6O.C2HF3O2/c1-29-12-14-30(15-13-29)20-9-7-19(8-10-20)27-24-26-17-21(25)23(28-24)31-22(11-16-32-31)18-5-3-2-4-6-18;3-2(4,5)1(6)7/h2-10,17,22H,11-16H2,1H3,(H,26,27,28);(H,6,7). The van der Waals surface area contributed by atoms with Gasteiger partial charge in [0.05, 0.1) is 18.8 Å². The van der Waals surface area contributed by atoms with Crippen LogP contribution < -0.4 is 15.3 Å². The van der Waals surface area contributed by atoms with Crippen LogP contribution in [0.1, 0.15) is 18.0 Å². The third-order valence-electron chi connectivity index (χ3n) is 6.26. The maximum Gasteiger partial charge on any atom is 0.490 e. The summed E-state index contributed by atoms with van der Waals surface area (Å²) in [7, 11) is 2.15. The first-order chi connectivity index (χ1) is 18.6. The maximum atomic E-state index is 14.7. The van der Waals surface area contributed by atoms with Crippen LogP contribution in [0.4, 0.5) is 40.7 Å². The van der Waals surface area contributed by atoms with E-state index in [4.69, 9.17) is 14.7 Å². The van der Waals surface area contributed by atoms with E-state index in [9.17, 15) is 17.6 Å². The molecule has 39 heavy (non-hydrogen) atoms. The lowest BCUT2D eigenvalue weighted by Gasteiger charge is -2.34. The number of halogens is 4. The van der Waals surface area contributed by atoms with Crippen LogP contribution in [-0.2, 0) is 9.63 Å². The molecule has 1 aromatic heterocycles. The predicted octanol–water partition coefficient (Wildman–Crippen LogP) is 4.63. The van der Waals surface area contributed by atoms with Crippen LogP contribution >= 0.6 is 0 Å². The number of alkyl halides is 3. The lowest BCUT2D eigenvalue weighted by atomic mass is 10.0. The molecule has 0 spiro atoms. The van der Waals surface area contributed by atoms with E-state index in [2.05, 4.69) is 44.3 Å². The Kier molecular flexibility index (Phi) is 8.82. The average Bonchev–Trinajstić information content (AvgIpc) is 3.41. The number of hydroxylamine groups is 1. The van der Waals surface area contributed by atoms with Crippen molar-refractivity contribution in [1.82, 2.24) is 14.9 Å². The van der Waals surface area contributed by atoms with Gasteiger partial charge in [0, 0.05) is 44.0 Å². The highest BCUT2D eigenvalue weighted by Crippen LogP contribution is 2.35. The topological polar surface area (TPSA) is 94.1 Å². The summed E-state index contributed by atoms with van der Waals surface area (Å²) in [5.41, 5.74) is 3.11. The summed E-state index contributed by atoms with van der Waals surface area (Å²) in [5, 5.41) is 11.9. The van der Waals surface area contributed by atoms with Crippen LogP contribution in [0.5, 0.6) is 0 Å². The van der Waals surface area contributed by atoms with Gasteiger partial charge in [-0.15, -0.1) is 0 Å². The third-order valence-corrected chi connectivity index (χ3v) is 6.26. The molecule has 5 rings (SSSR count). The molecule has 1 atom stereocenters. The van der Waals surface area contributed by atoms with E-state index in [0.717, 1.165) is 43.9 Å². The van der Waals surface area contributed by atoms with Gasteiger partial charge in [0.25, 0.3) is 0 Å². The summed E-state index contributed by atoms with van der Waals surface area (Å²) in [5.74, 6) is -2.80. The van der Waals surface area contributed by atoms with Crippen molar-refractivity contribution in [1.29, 1.82) is 0 Å². The summed E-state index contributed by atoms with van der Waals surface area (Å²) < 4.78 is 46.4. The molecule has 1 unspecified atom stereocenters. The number of benzene rings is 2.